The summed E-state index contributed by atoms with van der Waals surface area (Å²) in [7, 11) is 1.68. The molecule has 0 bridgehead atoms. The van der Waals surface area contributed by atoms with Gasteiger partial charge in [-0.3, -0.25) is 0 Å². The maximum atomic E-state index is 6.07. The van der Waals surface area contributed by atoms with Crippen molar-refractivity contribution in [3.63, 3.8) is 0 Å². The van der Waals surface area contributed by atoms with E-state index in [0.717, 1.165) is 18.4 Å². The Morgan fingerprint density at radius 2 is 2.11 bits per heavy atom. The molecule has 19 heavy (non-hydrogen) atoms. The minimum absolute atomic E-state index is 0.258. The molecule has 0 aliphatic rings. The molecule has 1 aromatic heterocycles. The van der Waals surface area contributed by atoms with E-state index in [0.29, 0.717) is 24.7 Å². The van der Waals surface area contributed by atoms with Gasteiger partial charge < -0.3 is 15.0 Å². The van der Waals surface area contributed by atoms with Crippen molar-refractivity contribution in [1.29, 1.82) is 0 Å². The summed E-state index contributed by atoms with van der Waals surface area (Å²) in [6, 6.07) is 9.78. The fraction of sp³-hybridized carbons (Fsp3) is 0.429. The lowest BCUT2D eigenvalue weighted by atomic mass is 10.1. The Bertz CT molecular complexity index is 484. The van der Waals surface area contributed by atoms with Crippen molar-refractivity contribution in [3.05, 3.63) is 47.6 Å². The summed E-state index contributed by atoms with van der Waals surface area (Å²) in [5.74, 6) is 1.19. The van der Waals surface area contributed by atoms with Gasteiger partial charge in [-0.1, -0.05) is 35.5 Å². The molecule has 1 heterocycles. The SMILES string of the molecule is COCCCc1noc(C(N)Cc2ccccc2)n1. The molecule has 1 atom stereocenters. The van der Waals surface area contributed by atoms with E-state index in [2.05, 4.69) is 10.1 Å². The van der Waals surface area contributed by atoms with Crippen LogP contribution < -0.4 is 5.73 Å². The lowest BCUT2D eigenvalue weighted by molar-refractivity contribution is 0.194. The van der Waals surface area contributed by atoms with Gasteiger partial charge in [0.05, 0.1) is 6.04 Å². The van der Waals surface area contributed by atoms with E-state index in [1.54, 1.807) is 7.11 Å². The van der Waals surface area contributed by atoms with Crippen molar-refractivity contribution in [1.82, 2.24) is 10.1 Å². The number of ether oxygens (including phenoxy) is 1. The monoisotopic (exact) mass is 261 g/mol. The Labute approximate surface area is 112 Å². The molecule has 0 aliphatic heterocycles. The largest absolute Gasteiger partial charge is 0.385 e. The number of hydrogen-bond acceptors (Lipinski definition) is 5. The number of nitrogens with two attached hydrogens (primary N) is 1. The minimum Gasteiger partial charge on any atom is -0.385 e. The molecule has 1 unspecified atom stereocenters. The van der Waals surface area contributed by atoms with Gasteiger partial charge in [-0.05, 0) is 18.4 Å². The summed E-state index contributed by atoms with van der Waals surface area (Å²) in [4.78, 5) is 4.32. The van der Waals surface area contributed by atoms with E-state index in [1.807, 2.05) is 30.3 Å². The number of aromatic nitrogens is 2. The van der Waals surface area contributed by atoms with Crippen LogP contribution in [0.5, 0.6) is 0 Å². The molecule has 102 valence electrons. The Morgan fingerprint density at radius 1 is 1.32 bits per heavy atom. The first-order valence-corrected chi connectivity index (χ1v) is 6.40. The fourth-order valence-electron chi connectivity index (χ4n) is 1.85. The molecule has 2 rings (SSSR count). The second-order valence-electron chi connectivity index (χ2n) is 4.44. The lowest BCUT2D eigenvalue weighted by Gasteiger charge is -2.05. The first kappa shape index (κ1) is 13.7. The first-order valence-electron chi connectivity index (χ1n) is 6.40. The molecule has 0 spiro atoms. The van der Waals surface area contributed by atoms with Crippen LogP contribution in [0.25, 0.3) is 0 Å². The number of nitrogens with zero attached hydrogens (tertiary/aromatic N) is 2. The standard InChI is InChI=1S/C14H19N3O2/c1-18-9-5-8-13-16-14(19-17-13)12(15)10-11-6-3-2-4-7-11/h2-4,6-7,12H,5,8-10,15H2,1H3. The molecule has 0 saturated heterocycles. The molecule has 5 nitrogen and oxygen atoms in total. The van der Waals surface area contributed by atoms with Crippen molar-refractivity contribution in [2.45, 2.75) is 25.3 Å². The summed E-state index contributed by atoms with van der Waals surface area (Å²) < 4.78 is 10.2. The van der Waals surface area contributed by atoms with Crippen LogP contribution in [0.15, 0.2) is 34.9 Å². The third-order valence-corrected chi connectivity index (χ3v) is 2.85. The molecule has 2 N–H and O–H groups in total. The van der Waals surface area contributed by atoms with Crippen LogP contribution >= 0.6 is 0 Å². The van der Waals surface area contributed by atoms with Gasteiger partial charge in [-0.25, -0.2) is 0 Å². The van der Waals surface area contributed by atoms with Gasteiger partial charge >= 0.3 is 0 Å². The highest BCUT2D eigenvalue weighted by Crippen LogP contribution is 2.14. The summed E-state index contributed by atoms with van der Waals surface area (Å²) in [6.45, 7) is 0.694. The molecular weight excluding hydrogens is 242 g/mol. The van der Waals surface area contributed by atoms with Crippen LogP contribution in [0.4, 0.5) is 0 Å². The van der Waals surface area contributed by atoms with Crippen LogP contribution in [0.1, 0.15) is 29.7 Å². The molecule has 0 radical (unpaired) electrons. The summed E-state index contributed by atoms with van der Waals surface area (Å²) >= 11 is 0. The Balaban J connectivity index is 1.90. The molecule has 0 amide bonds. The predicted octanol–water partition coefficient (Wildman–Crippen LogP) is 1.89. The van der Waals surface area contributed by atoms with Gasteiger partial charge in [0, 0.05) is 20.1 Å². The van der Waals surface area contributed by atoms with Crippen molar-refractivity contribution in [2.75, 3.05) is 13.7 Å². The van der Waals surface area contributed by atoms with Gasteiger partial charge in [-0.15, -0.1) is 0 Å². The first-order chi connectivity index (χ1) is 9.29. The van der Waals surface area contributed by atoms with Crippen molar-refractivity contribution in [3.8, 4) is 0 Å². The van der Waals surface area contributed by atoms with E-state index in [1.165, 1.54) is 0 Å². The second kappa shape index (κ2) is 7.01. The smallest absolute Gasteiger partial charge is 0.243 e. The Hall–Kier alpha value is -1.72. The quantitative estimate of drug-likeness (QED) is 0.770. The molecule has 0 aliphatic carbocycles. The summed E-state index contributed by atoms with van der Waals surface area (Å²) in [6.07, 6.45) is 2.32. The molecule has 0 fully saturated rings. The summed E-state index contributed by atoms with van der Waals surface area (Å²) in [5.41, 5.74) is 7.24. The maximum absolute atomic E-state index is 6.07. The van der Waals surface area contributed by atoms with Gasteiger partial charge in [-0.2, -0.15) is 4.98 Å². The average Bonchev–Trinajstić information content (AvgIpc) is 2.89. The zero-order valence-corrected chi connectivity index (χ0v) is 11.1. The van der Waals surface area contributed by atoms with E-state index in [9.17, 15) is 0 Å². The van der Waals surface area contributed by atoms with Crippen LogP contribution in [0.3, 0.4) is 0 Å². The average molecular weight is 261 g/mol. The van der Waals surface area contributed by atoms with E-state index in [-0.39, 0.29) is 6.04 Å². The highest BCUT2D eigenvalue weighted by molar-refractivity contribution is 5.16. The molecule has 1 aromatic carbocycles. The molecule has 0 saturated carbocycles. The maximum Gasteiger partial charge on any atom is 0.243 e. The van der Waals surface area contributed by atoms with Crippen LogP contribution in [-0.2, 0) is 17.6 Å². The highest BCUT2D eigenvalue weighted by atomic mass is 16.5. The highest BCUT2D eigenvalue weighted by Gasteiger charge is 2.15. The normalized spacial score (nSPS) is 12.5. The number of aryl methyl sites for hydroxylation is 1. The lowest BCUT2D eigenvalue weighted by Crippen LogP contribution is -2.13. The van der Waals surface area contributed by atoms with Crippen LogP contribution in [-0.4, -0.2) is 23.9 Å². The van der Waals surface area contributed by atoms with Crippen LogP contribution in [0, 0.1) is 0 Å². The third-order valence-electron chi connectivity index (χ3n) is 2.85. The summed E-state index contributed by atoms with van der Waals surface area (Å²) in [5, 5.41) is 3.93. The second-order valence-corrected chi connectivity index (χ2v) is 4.44. The zero-order chi connectivity index (χ0) is 13.5. The van der Waals surface area contributed by atoms with Crippen molar-refractivity contribution in [2.24, 2.45) is 5.73 Å². The Morgan fingerprint density at radius 3 is 2.84 bits per heavy atom. The zero-order valence-electron chi connectivity index (χ0n) is 11.1. The minimum atomic E-state index is -0.258. The number of benzene rings is 1. The van der Waals surface area contributed by atoms with Gasteiger partial charge in [0.2, 0.25) is 5.89 Å². The molecule has 5 heteroatoms. The number of hydrogen-bond donors (Lipinski definition) is 1. The van der Waals surface area contributed by atoms with Gasteiger partial charge in [0.15, 0.2) is 5.82 Å². The predicted molar refractivity (Wildman–Crippen MR) is 71.6 cm³/mol. The molecule has 2 aromatic rings. The number of rotatable bonds is 7. The topological polar surface area (TPSA) is 74.2 Å². The van der Waals surface area contributed by atoms with Gasteiger partial charge in [0.1, 0.15) is 0 Å². The third kappa shape index (κ3) is 4.15. The van der Waals surface area contributed by atoms with Gasteiger partial charge in [0.25, 0.3) is 0 Å². The number of methoxy groups -OCH3 is 1. The van der Waals surface area contributed by atoms with Crippen LogP contribution in [0.2, 0.25) is 0 Å². The van der Waals surface area contributed by atoms with E-state index < -0.39 is 0 Å². The van der Waals surface area contributed by atoms with E-state index >= 15 is 0 Å². The Kier molecular flexibility index (Phi) is 5.06. The van der Waals surface area contributed by atoms with Crippen molar-refractivity contribution < 1.29 is 9.26 Å². The molecular formula is C14H19N3O2. The van der Waals surface area contributed by atoms with E-state index in [4.69, 9.17) is 15.0 Å². The van der Waals surface area contributed by atoms with Crippen molar-refractivity contribution >= 4 is 0 Å². The fourth-order valence-corrected chi connectivity index (χ4v) is 1.85.